The standard InChI is InChI=1S/C23H23N3O2/c27-16-17-8-10-18(11-9-17)21-13-24-14-22(25-21)20-7-4-12-26(15-20)23(28)19-5-2-1-3-6-19/h1-3,5-6,8-11,13-14,20,27H,4,7,12,15-16H2. The van der Waals surface area contributed by atoms with Crippen molar-refractivity contribution in [2.75, 3.05) is 13.1 Å². The molecule has 3 aromatic rings. The predicted molar refractivity (Wildman–Crippen MR) is 108 cm³/mol. The second-order valence-electron chi connectivity index (χ2n) is 7.14. The van der Waals surface area contributed by atoms with Crippen LogP contribution in [0.4, 0.5) is 0 Å². The molecule has 4 rings (SSSR count). The van der Waals surface area contributed by atoms with Crippen molar-refractivity contribution in [1.29, 1.82) is 0 Å². The number of carbonyl (C=O) groups excluding carboxylic acids is 1. The van der Waals surface area contributed by atoms with E-state index >= 15 is 0 Å². The van der Waals surface area contributed by atoms with Crippen molar-refractivity contribution in [3.8, 4) is 11.3 Å². The third-order valence-corrected chi connectivity index (χ3v) is 5.23. The van der Waals surface area contributed by atoms with Crippen LogP contribution in [0.15, 0.2) is 67.0 Å². The Kier molecular flexibility index (Phi) is 5.44. The first kappa shape index (κ1) is 18.3. The van der Waals surface area contributed by atoms with Crippen LogP contribution in [0.2, 0.25) is 0 Å². The van der Waals surface area contributed by atoms with Gasteiger partial charge in [0.1, 0.15) is 0 Å². The van der Waals surface area contributed by atoms with Crippen LogP contribution >= 0.6 is 0 Å². The highest BCUT2D eigenvalue weighted by Gasteiger charge is 2.26. The van der Waals surface area contributed by atoms with E-state index in [1.807, 2.05) is 65.7 Å². The number of nitrogens with zero attached hydrogens (tertiary/aromatic N) is 3. The van der Waals surface area contributed by atoms with Crippen LogP contribution in [0, 0.1) is 0 Å². The van der Waals surface area contributed by atoms with Crippen molar-refractivity contribution in [1.82, 2.24) is 14.9 Å². The average Bonchev–Trinajstić information content (AvgIpc) is 2.79. The summed E-state index contributed by atoms with van der Waals surface area (Å²) in [5, 5.41) is 9.21. The highest BCUT2D eigenvalue weighted by atomic mass is 16.3. The molecule has 0 saturated carbocycles. The fourth-order valence-corrected chi connectivity index (χ4v) is 3.66. The Morgan fingerprint density at radius 1 is 1.07 bits per heavy atom. The van der Waals surface area contributed by atoms with Gasteiger partial charge in [-0.15, -0.1) is 0 Å². The minimum absolute atomic E-state index is 0.0271. The average molecular weight is 373 g/mol. The number of aliphatic hydroxyl groups is 1. The lowest BCUT2D eigenvalue weighted by molar-refractivity contribution is 0.0706. The Balaban J connectivity index is 1.53. The van der Waals surface area contributed by atoms with Crippen molar-refractivity contribution in [2.45, 2.75) is 25.4 Å². The first-order valence-electron chi connectivity index (χ1n) is 9.61. The fraction of sp³-hybridized carbons (Fsp3) is 0.261. The molecule has 1 atom stereocenters. The fourth-order valence-electron chi connectivity index (χ4n) is 3.66. The molecule has 1 aliphatic heterocycles. The molecule has 2 heterocycles. The molecule has 1 aromatic heterocycles. The monoisotopic (exact) mass is 373 g/mol. The van der Waals surface area contributed by atoms with Gasteiger partial charge < -0.3 is 10.0 Å². The molecule has 1 amide bonds. The van der Waals surface area contributed by atoms with Gasteiger partial charge in [-0.2, -0.15) is 0 Å². The molecule has 1 unspecified atom stereocenters. The van der Waals surface area contributed by atoms with Gasteiger partial charge in [-0.3, -0.25) is 9.78 Å². The first-order chi connectivity index (χ1) is 13.7. The van der Waals surface area contributed by atoms with Gasteiger partial charge in [-0.25, -0.2) is 4.98 Å². The van der Waals surface area contributed by atoms with Crippen LogP contribution in [-0.2, 0) is 6.61 Å². The SMILES string of the molecule is O=C(c1ccccc1)N1CCCC(c2cncc(-c3ccc(CO)cc3)n2)C1. The summed E-state index contributed by atoms with van der Waals surface area (Å²) in [4.78, 5) is 23.9. The minimum Gasteiger partial charge on any atom is -0.392 e. The number of benzene rings is 2. The van der Waals surface area contributed by atoms with E-state index in [0.29, 0.717) is 6.54 Å². The van der Waals surface area contributed by atoms with Crippen LogP contribution < -0.4 is 0 Å². The Bertz CT molecular complexity index is 942. The third kappa shape index (κ3) is 3.94. The van der Waals surface area contributed by atoms with Crippen molar-refractivity contribution in [3.05, 3.63) is 83.8 Å². The summed E-state index contributed by atoms with van der Waals surface area (Å²) in [5.74, 6) is 0.264. The molecule has 2 aromatic carbocycles. The first-order valence-corrected chi connectivity index (χ1v) is 9.61. The van der Waals surface area contributed by atoms with E-state index < -0.39 is 0 Å². The van der Waals surface area contributed by atoms with Gasteiger partial charge in [0.2, 0.25) is 0 Å². The van der Waals surface area contributed by atoms with E-state index in [4.69, 9.17) is 4.98 Å². The molecule has 5 nitrogen and oxygen atoms in total. The lowest BCUT2D eigenvalue weighted by Crippen LogP contribution is -2.39. The molecular formula is C23H23N3O2. The van der Waals surface area contributed by atoms with Crippen LogP contribution in [0.25, 0.3) is 11.3 Å². The Morgan fingerprint density at radius 3 is 2.61 bits per heavy atom. The zero-order valence-electron chi connectivity index (χ0n) is 15.7. The number of carbonyl (C=O) groups is 1. The highest BCUT2D eigenvalue weighted by molar-refractivity contribution is 5.94. The van der Waals surface area contributed by atoms with Gasteiger partial charge in [0.15, 0.2) is 0 Å². The van der Waals surface area contributed by atoms with E-state index in [1.165, 1.54) is 0 Å². The van der Waals surface area contributed by atoms with Crippen LogP contribution in [0.5, 0.6) is 0 Å². The molecule has 0 radical (unpaired) electrons. The summed E-state index contributed by atoms with van der Waals surface area (Å²) in [6, 6.07) is 17.1. The Hall–Kier alpha value is -3.05. The smallest absolute Gasteiger partial charge is 0.253 e. The minimum atomic E-state index is 0.0271. The maximum Gasteiger partial charge on any atom is 0.253 e. The van der Waals surface area contributed by atoms with Gasteiger partial charge in [-0.1, -0.05) is 42.5 Å². The van der Waals surface area contributed by atoms with Crippen LogP contribution in [0.3, 0.4) is 0 Å². The maximum absolute atomic E-state index is 12.8. The summed E-state index contributed by atoms with van der Waals surface area (Å²) in [6.45, 7) is 1.47. The number of amides is 1. The van der Waals surface area contributed by atoms with Crippen molar-refractivity contribution >= 4 is 5.91 Å². The predicted octanol–water partition coefficient (Wildman–Crippen LogP) is 3.66. The zero-order valence-corrected chi connectivity index (χ0v) is 15.7. The number of hydrogen-bond acceptors (Lipinski definition) is 4. The maximum atomic E-state index is 12.8. The summed E-state index contributed by atoms with van der Waals surface area (Å²) >= 11 is 0. The summed E-state index contributed by atoms with van der Waals surface area (Å²) in [6.07, 6.45) is 5.53. The van der Waals surface area contributed by atoms with Crippen molar-refractivity contribution < 1.29 is 9.90 Å². The summed E-state index contributed by atoms with van der Waals surface area (Å²) in [5.41, 5.74) is 4.31. The van der Waals surface area contributed by atoms with Crippen LogP contribution in [0.1, 0.15) is 40.4 Å². The van der Waals surface area contributed by atoms with E-state index in [1.54, 1.807) is 6.20 Å². The largest absolute Gasteiger partial charge is 0.392 e. The van der Waals surface area contributed by atoms with Crippen molar-refractivity contribution in [2.24, 2.45) is 0 Å². The summed E-state index contributed by atoms with van der Waals surface area (Å²) < 4.78 is 0. The molecule has 5 heteroatoms. The number of piperidine rings is 1. The normalized spacial score (nSPS) is 16.8. The van der Waals surface area contributed by atoms with E-state index in [-0.39, 0.29) is 18.4 Å². The molecule has 142 valence electrons. The molecule has 0 spiro atoms. The number of hydrogen-bond donors (Lipinski definition) is 1. The Labute approximate surface area is 164 Å². The third-order valence-electron chi connectivity index (χ3n) is 5.23. The van der Waals surface area contributed by atoms with Gasteiger partial charge >= 0.3 is 0 Å². The highest BCUT2D eigenvalue weighted by Crippen LogP contribution is 2.28. The molecule has 1 saturated heterocycles. The van der Waals surface area contributed by atoms with Crippen molar-refractivity contribution in [3.63, 3.8) is 0 Å². The second-order valence-corrected chi connectivity index (χ2v) is 7.14. The summed E-state index contributed by atoms with van der Waals surface area (Å²) in [7, 11) is 0. The number of aliphatic hydroxyl groups excluding tert-OH is 1. The molecule has 1 N–H and O–H groups in total. The molecule has 0 aliphatic carbocycles. The molecule has 1 aliphatic rings. The topological polar surface area (TPSA) is 66.3 Å². The van der Waals surface area contributed by atoms with Gasteiger partial charge in [0, 0.05) is 36.3 Å². The van der Waals surface area contributed by atoms with E-state index in [0.717, 1.165) is 47.5 Å². The van der Waals surface area contributed by atoms with Gasteiger partial charge in [0.25, 0.3) is 5.91 Å². The van der Waals surface area contributed by atoms with E-state index in [9.17, 15) is 9.90 Å². The zero-order chi connectivity index (χ0) is 19.3. The van der Waals surface area contributed by atoms with Gasteiger partial charge in [-0.05, 0) is 30.5 Å². The number of likely N-dealkylation sites (tertiary alicyclic amines) is 1. The number of aromatic nitrogens is 2. The van der Waals surface area contributed by atoms with Gasteiger partial charge in [0.05, 0.1) is 24.2 Å². The van der Waals surface area contributed by atoms with Crippen LogP contribution in [-0.4, -0.2) is 39.0 Å². The quantitative estimate of drug-likeness (QED) is 0.758. The Morgan fingerprint density at radius 2 is 1.86 bits per heavy atom. The number of rotatable bonds is 4. The molecular weight excluding hydrogens is 350 g/mol. The lowest BCUT2D eigenvalue weighted by Gasteiger charge is -2.32. The lowest BCUT2D eigenvalue weighted by atomic mass is 9.94. The molecule has 1 fully saturated rings. The second kappa shape index (κ2) is 8.31. The molecule has 28 heavy (non-hydrogen) atoms. The van der Waals surface area contributed by atoms with E-state index in [2.05, 4.69) is 4.98 Å². The molecule has 0 bridgehead atoms.